The Morgan fingerprint density at radius 1 is 1.27 bits per heavy atom. The minimum atomic E-state index is -4.67. The number of anilines is 1. The van der Waals surface area contributed by atoms with Gasteiger partial charge in [-0.1, -0.05) is 24.8 Å². The maximum atomic E-state index is 13.3. The number of para-hydroxylation sites is 1. The summed E-state index contributed by atoms with van der Waals surface area (Å²) >= 11 is 0. The highest BCUT2D eigenvalue weighted by Gasteiger charge is 2.44. The molecule has 1 aromatic heterocycles. The van der Waals surface area contributed by atoms with Crippen molar-refractivity contribution in [1.82, 2.24) is 4.98 Å². The highest BCUT2D eigenvalue weighted by atomic mass is 19.4. The van der Waals surface area contributed by atoms with Gasteiger partial charge >= 0.3 is 6.18 Å². The van der Waals surface area contributed by atoms with Crippen molar-refractivity contribution in [3.05, 3.63) is 60.0 Å². The Morgan fingerprint density at radius 3 is 2.65 bits per heavy atom. The maximum absolute atomic E-state index is 13.3. The maximum Gasteiger partial charge on any atom is 0.423 e. The molecule has 0 radical (unpaired) electrons. The Labute approximate surface area is 148 Å². The first kappa shape index (κ1) is 18.1. The number of nitrogens with zero attached hydrogens (tertiary/aromatic N) is 1. The van der Waals surface area contributed by atoms with E-state index in [1.54, 1.807) is 7.11 Å². The number of hydrogen-bond donors (Lipinski definition) is 2. The van der Waals surface area contributed by atoms with Gasteiger partial charge in [0.25, 0.3) is 0 Å². The number of methoxy groups -OCH3 is 1. The fourth-order valence-electron chi connectivity index (χ4n) is 3.00. The molecule has 1 aliphatic rings. The summed E-state index contributed by atoms with van der Waals surface area (Å²) < 4.78 is 50.8. The van der Waals surface area contributed by atoms with Crippen LogP contribution in [0.1, 0.15) is 23.5 Å². The van der Waals surface area contributed by atoms with Gasteiger partial charge in [-0.15, -0.1) is 0 Å². The van der Waals surface area contributed by atoms with Crippen LogP contribution in [-0.4, -0.2) is 12.1 Å². The summed E-state index contributed by atoms with van der Waals surface area (Å²) in [6, 6.07) is 8.67. The van der Waals surface area contributed by atoms with Crippen molar-refractivity contribution in [3.8, 4) is 11.5 Å². The Bertz CT molecular complexity index is 824. The van der Waals surface area contributed by atoms with Gasteiger partial charge in [0.2, 0.25) is 0 Å². The van der Waals surface area contributed by atoms with E-state index in [0.717, 1.165) is 23.8 Å². The van der Waals surface area contributed by atoms with E-state index in [9.17, 15) is 13.2 Å². The molecule has 2 aromatic rings. The van der Waals surface area contributed by atoms with E-state index in [1.165, 1.54) is 6.20 Å². The van der Waals surface area contributed by atoms with Crippen molar-refractivity contribution >= 4 is 5.82 Å². The zero-order valence-electron chi connectivity index (χ0n) is 14.0. The van der Waals surface area contributed by atoms with Gasteiger partial charge in [0.15, 0.2) is 5.82 Å². The fourth-order valence-corrected chi connectivity index (χ4v) is 3.00. The number of ether oxygens (including phenoxy) is 2. The molecule has 0 amide bonds. The molecule has 3 N–H and O–H groups in total. The zero-order chi connectivity index (χ0) is 18.9. The number of aromatic nitrogens is 1. The average molecular weight is 365 g/mol. The monoisotopic (exact) mass is 365 g/mol. The standard InChI is InChI=1S/C18H18F3N3O2/c1-10(12-9-13(12)11-5-3-4-6-14(11)25-2)26-15-7-8-23-17(24-22)16(15)18(19,20)21/h3-8,12-13H,1,9,22H2,2H3,(H,23,24). The first-order valence-corrected chi connectivity index (χ1v) is 7.89. The molecule has 26 heavy (non-hydrogen) atoms. The van der Waals surface area contributed by atoms with Crippen LogP contribution in [0, 0.1) is 5.92 Å². The summed E-state index contributed by atoms with van der Waals surface area (Å²) in [7, 11) is 1.58. The van der Waals surface area contributed by atoms with Gasteiger partial charge in [-0.2, -0.15) is 13.2 Å². The number of nitrogen functional groups attached to an aromatic ring is 1. The number of rotatable bonds is 6. The molecule has 1 saturated carbocycles. The van der Waals surface area contributed by atoms with E-state index in [-0.39, 0.29) is 23.3 Å². The van der Waals surface area contributed by atoms with E-state index >= 15 is 0 Å². The number of nitrogens with two attached hydrogens (primary N) is 1. The van der Waals surface area contributed by atoms with E-state index in [0.29, 0.717) is 0 Å². The summed E-state index contributed by atoms with van der Waals surface area (Å²) in [5.41, 5.74) is 1.88. The van der Waals surface area contributed by atoms with Gasteiger partial charge in [-0.05, 0) is 30.0 Å². The van der Waals surface area contributed by atoms with E-state index in [4.69, 9.17) is 15.3 Å². The lowest BCUT2D eigenvalue weighted by molar-refractivity contribution is -0.138. The first-order chi connectivity index (χ1) is 12.4. The molecular weight excluding hydrogens is 347 g/mol. The molecule has 0 spiro atoms. The second kappa shape index (κ2) is 6.87. The largest absolute Gasteiger partial charge is 0.496 e. The van der Waals surface area contributed by atoms with Gasteiger partial charge in [-0.25, -0.2) is 10.8 Å². The molecule has 0 aliphatic heterocycles. The molecule has 1 aromatic carbocycles. The summed E-state index contributed by atoms with van der Waals surface area (Å²) in [4.78, 5) is 3.59. The third-order valence-electron chi connectivity index (χ3n) is 4.32. The first-order valence-electron chi connectivity index (χ1n) is 7.89. The Kier molecular flexibility index (Phi) is 4.78. The number of hydrogen-bond acceptors (Lipinski definition) is 5. The molecule has 2 unspecified atom stereocenters. The molecular formula is C18H18F3N3O2. The van der Waals surface area contributed by atoms with Crippen molar-refractivity contribution in [2.75, 3.05) is 12.5 Å². The number of benzene rings is 1. The van der Waals surface area contributed by atoms with Crippen LogP contribution in [0.5, 0.6) is 11.5 Å². The van der Waals surface area contributed by atoms with Gasteiger partial charge in [0.05, 0.1) is 7.11 Å². The number of allylic oxidation sites excluding steroid dienone is 1. The summed E-state index contributed by atoms with van der Waals surface area (Å²) in [6.45, 7) is 3.82. The highest BCUT2D eigenvalue weighted by Crippen LogP contribution is 2.54. The molecule has 8 heteroatoms. The molecule has 1 fully saturated rings. The summed E-state index contributed by atoms with van der Waals surface area (Å²) in [5, 5.41) is 0. The van der Waals surface area contributed by atoms with E-state index < -0.39 is 17.6 Å². The van der Waals surface area contributed by atoms with Crippen molar-refractivity contribution in [1.29, 1.82) is 0 Å². The van der Waals surface area contributed by atoms with Gasteiger partial charge in [-0.3, -0.25) is 0 Å². The van der Waals surface area contributed by atoms with Crippen LogP contribution < -0.4 is 20.7 Å². The van der Waals surface area contributed by atoms with Crippen LogP contribution >= 0.6 is 0 Å². The fraction of sp³-hybridized carbons (Fsp3) is 0.278. The van der Waals surface area contributed by atoms with Crippen LogP contribution in [0.25, 0.3) is 0 Å². The van der Waals surface area contributed by atoms with Crippen LogP contribution in [0.3, 0.4) is 0 Å². The number of pyridine rings is 1. The lowest BCUT2D eigenvalue weighted by atomic mass is 10.1. The number of halogens is 3. The quantitative estimate of drug-likeness (QED) is 0.458. The van der Waals surface area contributed by atoms with E-state index in [1.807, 2.05) is 29.7 Å². The van der Waals surface area contributed by atoms with Gasteiger partial charge in [0.1, 0.15) is 22.8 Å². The topological polar surface area (TPSA) is 69.4 Å². The second-order valence-corrected chi connectivity index (χ2v) is 5.93. The molecule has 5 nitrogen and oxygen atoms in total. The van der Waals surface area contributed by atoms with Crippen molar-refractivity contribution < 1.29 is 22.6 Å². The second-order valence-electron chi connectivity index (χ2n) is 5.93. The smallest absolute Gasteiger partial charge is 0.423 e. The number of alkyl halides is 3. The minimum Gasteiger partial charge on any atom is -0.496 e. The van der Waals surface area contributed by atoms with Gasteiger partial charge < -0.3 is 14.9 Å². The summed E-state index contributed by atoms with van der Waals surface area (Å²) in [5.74, 6) is 5.28. The number of hydrazine groups is 1. The molecule has 1 aliphatic carbocycles. The lowest BCUT2D eigenvalue weighted by Gasteiger charge is -2.17. The SMILES string of the molecule is C=C(Oc1ccnc(NN)c1C(F)(F)F)C1CC1c1ccccc1OC. The molecule has 3 rings (SSSR count). The van der Waals surface area contributed by atoms with Crippen molar-refractivity contribution in [2.24, 2.45) is 11.8 Å². The van der Waals surface area contributed by atoms with E-state index in [2.05, 4.69) is 11.6 Å². The molecule has 0 saturated heterocycles. The van der Waals surface area contributed by atoms with Crippen LogP contribution in [0.15, 0.2) is 48.9 Å². The molecule has 2 atom stereocenters. The van der Waals surface area contributed by atoms with Crippen LogP contribution in [0.4, 0.5) is 19.0 Å². The van der Waals surface area contributed by atoms with Crippen LogP contribution in [0.2, 0.25) is 0 Å². The third kappa shape index (κ3) is 3.45. The lowest BCUT2D eigenvalue weighted by Crippen LogP contribution is -2.18. The minimum absolute atomic E-state index is 0.0881. The number of nitrogens with one attached hydrogen (secondary N) is 1. The predicted molar refractivity (Wildman–Crippen MR) is 90.7 cm³/mol. The Balaban J connectivity index is 1.80. The average Bonchev–Trinajstić information content (AvgIpc) is 3.41. The molecule has 0 bridgehead atoms. The zero-order valence-corrected chi connectivity index (χ0v) is 14.0. The van der Waals surface area contributed by atoms with Crippen molar-refractivity contribution in [3.63, 3.8) is 0 Å². The Hall–Kier alpha value is -2.74. The summed E-state index contributed by atoms with van der Waals surface area (Å²) in [6.07, 6.45) is -2.75. The van der Waals surface area contributed by atoms with Crippen LogP contribution in [-0.2, 0) is 6.18 Å². The normalized spacial score (nSPS) is 19.0. The van der Waals surface area contributed by atoms with Gasteiger partial charge in [0, 0.05) is 12.1 Å². The predicted octanol–water partition coefficient (Wildman–Crippen LogP) is 4.09. The molecule has 1 heterocycles. The Morgan fingerprint density at radius 2 is 2.00 bits per heavy atom. The van der Waals surface area contributed by atoms with Crippen molar-refractivity contribution in [2.45, 2.75) is 18.5 Å². The molecule has 138 valence electrons. The highest BCUT2D eigenvalue weighted by molar-refractivity contribution is 5.53. The third-order valence-corrected chi connectivity index (χ3v) is 4.32.